The Kier molecular flexibility index (Phi) is 10.2. The van der Waals surface area contributed by atoms with Crippen LogP contribution in [0.3, 0.4) is 0 Å². The fourth-order valence-corrected chi connectivity index (χ4v) is 2.03. The van der Waals surface area contributed by atoms with Crippen LogP contribution in [0, 0.1) is 0 Å². The molecule has 0 aromatic heterocycles. The molecule has 2 N–H and O–H groups in total. The molecule has 1 aromatic carbocycles. The van der Waals surface area contributed by atoms with E-state index >= 15 is 0 Å². The Morgan fingerprint density at radius 2 is 1.73 bits per heavy atom. The molecule has 0 aliphatic rings. The smallest absolute Gasteiger partial charge is 0.273 e. The van der Waals surface area contributed by atoms with E-state index in [0.717, 1.165) is 18.7 Å². The molecular formula is C15H22N2O3S2. The van der Waals surface area contributed by atoms with E-state index in [1.54, 1.807) is 0 Å². The van der Waals surface area contributed by atoms with Gasteiger partial charge >= 0.3 is 0 Å². The van der Waals surface area contributed by atoms with Crippen LogP contribution in [-0.4, -0.2) is 34.2 Å². The maximum Gasteiger partial charge on any atom is 0.273 e. The van der Waals surface area contributed by atoms with Crippen molar-refractivity contribution >= 4 is 41.0 Å². The lowest BCUT2D eigenvalue weighted by molar-refractivity contribution is -0.124. The zero-order valence-corrected chi connectivity index (χ0v) is 14.7. The van der Waals surface area contributed by atoms with E-state index in [4.69, 9.17) is 21.7 Å². The number of nitrogens with zero attached hydrogens (tertiary/aromatic N) is 1. The Hall–Kier alpha value is -1.60. The van der Waals surface area contributed by atoms with Crippen molar-refractivity contribution in [2.45, 2.75) is 26.9 Å². The van der Waals surface area contributed by atoms with Gasteiger partial charge in [-0.15, -0.1) is 0 Å². The van der Waals surface area contributed by atoms with Gasteiger partial charge in [-0.05, 0) is 38.6 Å². The fourth-order valence-electron chi connectivity index (χ4n) is 1.67. The summed E-state index contributed by atoms with van der Waals surface area (Å²) >= 11 is 8.33. The highest BCUT2D eigenvalue weighted by Crippen LogP contribution is 2.19. The van der Waals surface area contributed by atoms with Crippen LogP contribution in [0.15, 0.2) is 30.3 Å². The Morgan fingerprint density at radius 3 is 2.09 bits per heavy atom. The van der Waals surface area contributed by atoms with Gasteiger partial charge in [-0.2, -0.15) is 0 Å². The van der Waals surface area contributed by atoms with Crippen molar-refractivity contribution < 1.29 is 14.3 Å². The van der Waals surface area contributed by atoms with Gasteiger partial charge in [0.05, 0.1) is 0 Å². The number of ether oxygens (including phenoxy) is 1. The van der Waals surface area contributed by atoms with E-state index in [1.165, 1.54) is 6.92 Å². The molecular weight excluding hydrogens is 320 g/mol. The van der Waals surface area contributed by atoms with Crippen molar-refractivity contribution in [2.75, 3.05) is 13.1 Å². The van der Waals surface area contributed by atoms with Crippen molar-refractivity contribution in [3.8, 4) is 0 Å². The minimum Gasteiger partial charge on any atom is -0.455 e. The van der Waals surface area contributed by atoms with Crippen LogP contribution in [0.25, 0.3) is 0 Å². The van der Waals surface area contributed by atoms with Gasteiger partial charge in [-0.25, -0.2) is 0 Å². The molecule has 1 aromatic rings. The molecule has 0 heterocycles. The molecule has 1 atom stereocenters. The van der Waals surface area contributed by atoms with Gasteiger partial charge in [0, 0.05) is 13.1 Å². The van der Waals surface area contributed by atoms with Crippen molar-refractivity contribution in [2.24, 2.45) is 5.73 Å². The largest absolute Gasteiger partial charge is 0.455 e. The van der Waals surface area contributed by atoms with E-state index in [-0.39, 0.29) is 5.78 Å². The number of carbonyl (C=O) groups excluding carboxylic acids is 2. The highest BCUT2D eigenvalue weighted by Gasteiger charge is 2.21. The number of Topliss-reactive ketones (excluding diaryl/α,β-unsaturated/α-hetero) is 1. The second-order valence-electron chi connectivity index (χ2n) is 4.30. The predicted octanol–water partition coefficient (Wildman–Crippen LogP) is 2.95. The summed E-state index contributed by atoms with van der Waals surface area (Å²) in [5.74, 6) is -0.0456. The van der Waals surface area contributed by atoms with E-state index < -0.39 is 11.3 Å². The van der Waals surface area contributed by atoms with Crippen LogP contribution in [0.1, 0.15) is 32.4 Å². The topological polar surface area (TPSA) is 72.6 Å². The number of hydrogen-bond acceptors (Lipinski definition) is 4. The van der Waals surface area contributed by atoms with E-state index in [9.17, 15) is 4.79 Å². The molecule has 0 fully saturated rings. The number of amides is 1. The molecule has 0 bridgehead atoms. The Labute approximate surface area is 142 Å². The Bertz CT molecular complexity index is 487. The van der Waals surface area contributed by atoms with Crippen molar-refractivity contribution in [3.05, 3.63) is 35.9 Å². The first-order valence-electron chi connectivity index (χ1n) is 6.82. The summed E-state index contributed by atoms with van der Waals surface area (Å²) in [6.45, 7) is 7.07. The first kappa shape index (κ1) is 20.4. The molecule has 22 heavy (non-hydrogen) atoms. The van der Waals surface area contributed by atoms with Crippen molar-refractivity contribution in [1.29, 1.82) is 0 Å². The third kappa shape index (κ3) is 7.99. The lowest BCUT2D eigenvalue weighted by atomic mass is 10.1. The van der Waals surface area contributed by atoms with Gasteiger partial charge in [0.1, 0.15) is 0 Å². The SMILES string of the molecule is CCN(CC)C(=S)OC(C(C)=O)c1ccccc1.NC(=O)S. The van der Waals surface area contributed by atoms with Crippen LogP contribution in [0.4, 0.5) is 4.79 Å². The minimum absolute atomic E-state index is 0.0456. The minimum atomic E-state index is -0.639. The van der Waals surface area contributed by atoms with Crippen LogP contribution >= 0.6 is 24.8 Å². The summed E-state index contributed by atoms with van der Waals surface area (Å²) in [4.78, 5) is 22.7. The number of carbonyl (C=O) groups is 2. The second kappa shape index (κ2) is 11.0. The Morgan fingerprint density at radius 1 is 1.27 bits per heavy atom. The molecule has 7 heteroatoms. The third-order valence-corrected chi connectivity index (χ3v) is 3.07. The highest BCUT2D eigenvalue weighted by atomic mass is 32.1. The lowest BCUT2D eigenvalue weighted by Gasteiger charge is -2.25. The van der Waals surface area contributed by atoms with Crippen LogP contribution < -0.4 is 5.73 Å². The molecule has 0 saturated heterocycles. The van der Waals surface area contributed by atoms with E-state index in [0.29, 0.717) is 5.17 Å². The highest BCUT2D eigenvalue weighted by molar-refractivity contribution is 7.96. The summed E-state index contributed by atoms with van der Waals surface area (Å²) < 4.78 is 5.65. The van der Waals surface area contributed by atoms with Gasteiger partial charge in [-0.3, -0.25) is 9.59 Å². The maximum absolute atomic E-state index is 11.7. The average Bonchev–Trinajstić information content (AvgIpc) is 2.46. The molecule has 1 amide bonds. The first-order chi connectivity index (χ1) is 10.3. The number of rotatable bonds is 5. The van der Waals surface area contributed by atoms with Gasteiger partial charge < -0.3 is 15.4 Å². The molecule has 0 saturated carbocycles. The third-order valence-electron chi connectivity index (χ3n) is 2.71. The molecule has 0 radical (unpaired) electrons. The number of hydrogen-bond donors (Lipinski definition) is 2. The molecule has 122 valence electrons. The van der Waals surface area contributed by atoms with Gasteiger partial charge in [0.25, 0.3) is 10.4 Å². The van der Waals surface area contributed by atoms with Crippen LogP contribution in [0.5, 0.6) is 0 Å². The molecule has 1 rings (SSSR count). The number of benzene rings is 1. The second-order valence-corrected chi connectivity index (χ2v) is 5.09. The van der Waals surface area contributed by atoms with E-state index in [2.05, 4.69) is 18.4 Å². The van der Waals surface area contributed by atoms with E-state index in [1.807, 2.05) is 49.1 Å². The summed E-state index contributed by atoms with van der Waals surface area (Å²) in [5, 5.41) is -0.260. The van der Waals surface area contributed by atoms with Crippen molar-refractivity contribution in [1.82, 2.24) is 4.90 Å². The fraction of sp³-hybridized carbons (Fsp3) is 0.400. The molecule has 5 nitrogen and oxygen atoms in total. The lowest BCUT2D eigenvalue weighted by Crippen LogP contribution is -2.33. The summed E-state index contributed by atoms with van der Waals surface area (Å²) in [5.41, 5.74) is 5.17. The first-order valence-corrected chi connectivity index (χ1v) is 7.68. The number of ketones is 1. The number of primary amides is 1. The number of thiol groups is 1. The predicted molar refractivity (Wildman–Crippen MR) is 95.0 cm³/mol. The molecule has 0 aliphatic heterocycles. The monoisotopic (exact) mass is 342 g/mol. The van der Waals surface area contributed by atoms with Crippen LogP contribution in [0.2, 0.25) is 0 Å². The molecule has 1 unspecified atom stereocenters. The standard InChI is InChI=1S/C14H19NO2S.CH3NOS/c1-4-15(5-2)14(18)17-13(11(3)16)12-9-7-6-8-10-12;2-1(3)4/h6-10,13H,4-5H2,1-3H3;(H3,2,3,4). The number of thiocarbonyl (C=S) groups is 1. The zero-order valence-electron chi connectivity index (χ0n) is 13.0. The van der Waals surface area contributed by atoms with Gasteiger partial charge in [-0.1, -0.05) is 43.0 Å². The quantitative estimate of drug-likeness (QED) is 0.636. The molecule has 0 spiro atoms. The maximum atomic E-state index is 11.7. The van der Waals surface area contributed by atoms with Gasteiger partial charge in [0.15, 0.2) is 11.9 Å². The summed E-state index contributed by atoms with van der Waals surface area (Å²) in [7, 11) is 0. The van der Waals surface area contributed by atoms with Crippen molar-refractivity contribution in [3.63, 3.8) is 0 Å². The zero-order chi connectivity index (χ0) is 17.1. The normalized spacial score (nSPS) is 10.7. The summed E-state index contributed by atoms with van der Waals surface area (Å²) in [6, 6.07) is 9.42. The number of nitrogens with two attached hydrogens (primary N) is 1. The summed E-state index contributed by atoms with van der Waals surface area (Å²) in [6.07, 6.45) is -0.612. The average molecular weight is 342 g/mol. The molecule has 0 aliphatic carbocycles. The Balaban J connectivity index is 0.000000980. The van der Waals surface area contributed by atoms with Gasteiger partial charge in [0.2, 0.25) is 0 Å². The van der Waals surface area contributed by atoms with Crippen LogP contribution in [-0.2, 0) is 9.53 Å².